The summed E-state index contributed by atoms with van der Waals surface area (Å²) >= 11 is 5.66. The van der Waals surface area contributed by atoms with Crippen LogP contribution in [-0.2, 0) is 0 Å². The van der Waals surface area contributed by atoms with E-state index >= 15 is 0 Å². The molecule has 16 heavy (non-hydrogen) atoms. The van der Waals surface area contributed by atoms with Crippen LogP contribution in [-0.4, -0.2) is 21.0 Å². The number of rotatable bonds is 2. The highest BCUT2D eigenvalue weighted by Crippen LogP contribution is 2.19. The first kappa shape index (κ1) is 10.5. The Balaban J connectivity index is 2.17. The van der Waals surface area contributed by atoms with E-state index in [-0.39, 0.29) is 11.6 Å². The highest BCUT2D eigenvalue weighted by Gasteiger charge is 2.10. The quantitative estimate of drug-likeness (QED) is 0.748. The van der Waals surface area contributed by atoms with Crippen molar-refractivity contribution in [2.24, 2.45) is 0 Å². The molecular formula is C10H8ClN3O2. The van der Waals surface area contributed by atoms with E-state index in [9.17, 15) is 9.90 Å². The monoisotopic (exact) mass is 237 g/mol. The molecular weight excluding hydrogens is 230 g/mol. The minimum absolute atomic E-state index is 0.0893. The zero-order chi connectivity index (χ0) is 11.5. The number of amides is 1. The van der Waals surface area contributed by atoms with E-state index in [1.54, 1.807) is 6.07 Å². The molecule has 3 N–H and O–H groups in total. The first-order chi connectivity index (χ1) is 7.66. The second-order valence-electron chi connectivity index (χ2n) is 3.06. The predicted molar refractivity (Wildman–Crippen MR) is 59.7 cm³/mol. The molecule has 2 rings (SSSR count). The van der Waals surface area contributed by atoms with Gasteiger partial charge in [0.25, 0.3) is 5.91 Å². The van der Waals surface area contributed by atoms with Gasteiger partial charge < -0.3 is 15.4 Å². The molecule has 0 aromatic carbocycles. The first-order valence-corrected chi connectivity index (χ1v) is 4.84. The summed E-state index contributed by atoms with van der Waals surface area (Å²) in [6.45, 7) is 0. The Bertz CT molecular complexity index is 524. The highest BCUT2D eigenvalue weighted by molar-refractivity contribution is 6.31. The van der Waals surface area contributed by atoms with E-state index in [2.05, 4.69) is 15.3 Å². The summed E-state index contributed by atoms with van der Waals surface area (Å²) in [5.74, 6) is -0.396. The molecule has 0 saturated carbocycles. The third kappa shape index (κ3) is 2.14. The standard InChI is InChI=1S/C10H8ClN3O2/c11-6-4-7(13-5-6)10(16)14-9-8(15)2-1-3-12-9/h1-5,13,15H,(H,12,14,16). The average molecular weight is 238 g/mol. The number of nitrogens with zero attached hydrogens (tertiary/aromatic N) is 1. The fraction of sp³-hybridized carbons (Fsp3) is 0. The summed E-state index contributed by atoms with van der Waals surface area (Å²) in [5, 5.41) is 12.3. The zero-order valence-corrected chi connectivity index (χ0v) is 8.82. The molecule has 0 aliphatic heterocycles. The molecule has 2 aromatic rings. The van der Waals surface area contributed by atoms with Crippen molar-refractivity contribution in [3.63, 3.8) is 0 Å². The minimum atomic E-state index is -0.416. The molecule has 82 valence electrons. The molecule has 5 nitrogen and oxygen atoms in total. The smallest absolute Gasteiger partial charge is 0.273 e. The molecule has 0 unspecified atom stereocenters. The van der Waals surface area contributed by atoms with E-state index in [0.717, 1.165) is 0 Å². The number of hydrogen-bond donors (Lipinski definition) is 3. The minimum Gasteiger partial charge on any atom is -0.504 e. The normalized spacial score (nSPS) is 10.1. The number of H-pyrrole nitrogens is 1. The van der Waals surface area contributed by atoms with Crippen molar-refractivity contribution in [2.75, 3.05) is 5.32 Å². The number of hydrogen-bond acceptors (Lipinski definition) is 3. The summed E-state index contributed by atoms with van der Waals surface area (Å²) in [6, 6.07) is 4.48. The van der Waals surface area contributed by atoms with Gasteiger partial charge in [-0.3, -0.25) is 4.79 Å². The van der Waals surface area contributed by atoms with Crippen LogP contribution in [0.4, 0.5) is 5.82 Å². The summed E-state index contributed by atoms with van der Waals surface area (Å²) in [5.41, 5.74) is 0.301. The Hall–Kier alpha value is -2.01. The van der Waals surface area contributed by atoms with Gasteiger partial charge in [-0.05, 0) is 18.2 Å². The summed E-state index contributed by atoms with van der Waals surface area (Å²) in [4.78, 5) is 18.1. The molecule has 0 aliphatic carbocycles. The summed E-state index contributed by atoms with van der Waals surface area (Å²) in [6.07, 6.45) is 2.96. The summed E-state index contributed by atoms with van der Waals surface area (Å²) < 4.78 is 0. The van der Waals surface area contributed by atoms with Gasteiger partial charge in [0.1, 0.15) is 5.69 Å². The van der Waals surface area contributed by atoms with Crippen LogP contribution in [0.25, 0.3) is 0 Å². The van der Waals surface area contributed by atoms with Crippen molar-refractivity contribution < 1.29 is 9.90 Å². The molecule has 2 aromatic heterocycles. The maximum atomic E-state index is 11.6. The van der Waals surface area contributed by atoms with Crippen LogP contribution in [0.3, 0.4) is 0 Å². The van der Waals surface area contributed by atoms with Crippen LogP contribution < -0.4 is 5.32 Å². The molecule has 0 spiro atoms. The number of carbonyl (C=O) groups is 1. The van der Waals surface area contributed by atoms with Crippen LogP contribution in [0.5, 0.6) is 5.75 Å². The van der Waals surface area contributed by atoms with Crippen LogP contribution in [0, 0.1) is 0 Å². The van der Waals surface area contributed by atoms with Crippen molar-refractivity contribution in [3.8, 4) is 5.75 Å². The number of halogens is 1. The maximum absolute atomic E-state index is 11.6. The molecule has 6 heteroatoms. The molecule has 0 radical (unpaired) electrons. The van der Waals surface area contributed by atoms with Gasteiger partial charge in [-0.2, -0.15) is 0 Å². The van der Waals surface area contributed by atoms with Gasteiger partial charge in [0.2, 0.25) is 0 Å². The van der Waals surface area contributed by atoms with E-state index in [0.29, 0.717) is 10.7 Å². The zero-order valence-electron chi connectivity index (χ0n) is 8.07. The van der Waals surface area contributed by atoms with Crippen molar-refractivity contribution in [2.45, 2.75) is 0 Å². The van der Waals surface area contributed by atoms with Gasteiger partial charge >= 0.3 is 0 Å². The topological polar surface area (TPSA) is 78.0 Å². The number of aromatic hydroxyl groups is 1. The Labute approximate surface area is 96.1 Å². The lowest BCUT2D eigenvalue weighted by molar-refractivity contribution is 0.102. The number of nitrogens with one attached hydrogen (secondary N) is 2. The van der Waals surface area contributed by atoms with Gasteiger partial charge in [0.15, 0.2) is 11.6 Å². The second kappa shape index (κ2) is 4.24. The van der Waals surface area contributed by atoms with Crippen molar-refractivity contribution in [1.82, 2.24) is 9.97 Å². The largest absolute Gasteiger partial charge is 0.504 e. The SMILES string of the molecule is O=C(Nc1ncccc1O)c1cc(Cl)c[nH]1. The van der Waals surface area contributed by atoms with E-state index in [4.69, 9.17) is 11.6 Å². The number of anilines is 1. The van der Waals surface area contributed by atoms with Gasteiger partial charge in [-0.15, -0.1) is 0 Å². The molecule has 0 saturated heterocycles. The van der Waals surface area contributed by atoms with Gasteiger partial charge in [-0.1, -0.05) is 11.6 Å². The van der Waals surface area contributed by atoms with Crippen LogP contribution in [0.15, 0.2) is 30.6 Å². The maximum Gasteiger partial charge on any atom is 0.273 e. The summed E-state index contributed by atoms with van der Waals surface area (Å²) in [7, 11) is 0. The molecule has 1 amide bonds. The average Bonchev–Trinajstić information content (AvgIpc) is 2.68. The Morgan fingerprint density at radius 2 is 2.38 bits per heavy atom. The molecule has 0 aliphatic rings. The lowest BCUT2D eigenvalue weighted by Gasteiger charge is -2.03. The Kier molecular flexibility index (Phi) is 2.78. The number of carbonyl (C=O) groups excluding carboxylic acids is 1. The van der Waals surface area contributed by atoms with E-state index in [1.807, 2.05) is 0 Å². The Morgan fingerprint density at radius 3 is 3.00 bits per heavy atom. The van der Waals surface area contributed by atoms with Crippen LogP contribution in [0.1, 0.15) is 10.5 Å². The lowest BCUT2D eigenvalue weighted by atomic mass is 10.4. The molecule has 0 fully saturated rings. The van der Waals surface area contributed by atoms with E-state index < -0.39 is 5.91 Å². The third-order valence-electron chi connectivity index (χ3n) is 1.91. The van der Waals surface area contributed by atoms with Gasteiger partial charge in [-0.25, -0.2) is 4.98 Å². The Morgan fingerprint density at radius 1 is 1.56 bits per heavy atom. The second-order valence-corrected chi connectivity index (χ2v) is 3.49. The predicted octanol–water partition coefficient (Wildman–Crippen LogP) is 2.02. The molecule has 0 bridgehead atoms. The number of pyridine rings is 1. The van der Waals surface area contributed by atoms with E-state index in [1.165, 1.54) is 24.5 Å². The molecule has 0 atom stereocenters. The van der Waals surface area contributed by atoms with Crippen LogP contribution in [0.2, 0.25) is 5.02 Å². The molecule has 2 heterocycles. The van der Waals surface area contributed by atoms with Gasteiger partial charge in [0, 0.05) is 12.4 Å². The number of aromatic nitrogens is 2. The van der Waals surface area contributed by atoms with Crippen molar-refractivity contribution in [1.29, 1.82) is 0 Å². The first-order valence-electron chi connectivity index (χ1n) is 4.46. The van der Waals surface area contributed by atoms with Crippen molar-refractivity contribution in [3.05, 3.63) is 41.3 Å². The van der Waals surface area contributed by atoms with Gasteiger partial charge in [0.05, 0.1) is 5.02 Å². The van der Waals surface area contributed by atoms with Crippen molar-refractivity contribution >= 4 is 23.3 Å². The van der Waals surface area contributed by atoms with Crippen LogP contribution >= 0.6 is 11.6 Å². The third-order valence-corrected chi connectivity index (χ3v) is 2.13. The number of aromatic amines is 1. The fourth-order valence-electron chi connectivity index (χ4n) is 1.17. The lowest BCUT2D eigenvalue weighted by Crippen LogP contribution is -2.13. The highest BCUT2D eigenvalue weighted by atomic mass is 35.5. The fourth-order valence-corrected chi connectivity index (χ4v) is 1.33.